The summed E-state index contributed by atoms with van der Waals surface area (Å²) >= 11 is 1.07. The molecule has 1 amide bonds. The summed E-state index contributed by atoms with van der Waals surface area (Å²) in [5, 5.41) is 5.96. The van der Waals surface area contributed by atoms with Gasteiger partial charge in [-0.25, -0.2) is 8.42 Å². The molecule has 0 radical (unpaired) electrons. The van der Waals surface area contributed by atoms with Crippen molar-refractivity contribution in [1.82, 2.24) is 10.2 Å². The number of hydrogen-bond donors (Lipinski definition) is 3. The van der Waals surface area contributed by atoms with Crippen molar-refractivity contribution in [2.75, 3.05) is 51.0 Å². The van der Waals surface area contributed by atoms with Crippen LogP contribution in [-0.2, 0) is 9.84 Å². The predicted octanol–water partition coefficient (Wildman–Crippen LogP) is 0.457. The van der Waals surface area contributed by atoms with E-state index in [1.807, 2.05) is 19.0 Å². The van der Waals surface area contributed by atoms with Gasteiger partial charge in [0, 0.05) is 20.1 Å². The van der Waals surface area contributed by atoms with E-state index in [1.165, 1.54) is 7.05 Å². The zero-order chi connectivity index (χ0) is 16.2. The maximum atomic E-state index is 12.2. The van der Waals surface area contributed by atoms with E-state index in [1.54, 1.807) is 6.92 Å². The first-order chi connectivity index (χ1) is 9.74. The highest BCUT2D eigenvalue weighted by Crippen LogP contribution is 2.39. The fourth-order valence-corrected chi connectivity index (χ4v) is 4.31. The number of anilines is 2. The Balaban J connectivity index is 3.24. The Bertz CT molecular complexity index is 608. The minimum absolute atomic E-state index is 0.0218. The molecule has 0 saturated carbocycles. The quantitative estimate of drug-likeness (QED) is 0.669. The van der Waals surface area contributed by atoms with Crippen LogP contribution in [0.4, 0.5) is 10.7 Å². The lowest BCUT2D eigenvalue weighted by Gasteiger charge is -2.11. The van der Waals surface area contributed by atoms with E-state index in [4.69, 9.17) is 5.73 Å². The molecule has 0 fully saturated rings. The Morgan fingerprint density at radius 3 is 2.48 bits per heavy atom. The van der Waals surface area contributed by atoms with Crippen LogP contribution < -0.4 is 16.4 Å². The van der Waals surface area contributed by atoms with Crippen molar-refractivity contribution in [2.24, 2.45) is 0 Å². The molecule has 0 spiro atoms. The van der Waals surface area contributed by atoms with Crippen LogP contribution in [0.3, 0.4) is 0 Å². The summed E-state index contributed by atoms with van der Waals surface area (Å²) in [7, 11) is 1.82. The smallest absolute Gasteiger partial charge is 0.263 e. The second kappa shape index (κ2) is 7.10. The van der Waals surface area contributed by atoms with Crippen LogP contribution in [0.5, 0.6) is 0 Å². The Kier molecular flexibility index (Phi) is 5.99. The Labute approximate surface area is 129 Å². The van der Waals surface area contributed by atoms with Crippen LogP contribution >= 0.6 is 11.3 Å². The normalized spacial score (nSPS) is 11.7. The Morgan fingerprint density at radius 2 is 2.00 bits per heavy atom. The van der Waals surface area contributed by atoms with Gasteiger partial charge in [0.15, 0.2) is 9.84 Å². The highest BCUT2D eigenvalue weighted by atomic mass is 32.2. The number of thiophene rings is 1. The highest BCUT2D eigenvalue weighted by molar-refractivity contribution is 7.91. The molecule has 4 N–H and O–H groups in total. The van der Waals surface area contributed by atoms with Gasteiger partial charge in [0.2, 0.25) is 0 Å². The van der Waals surface area contributed by atoms with Crippen molar-refractivity contribution in [3.8, 4) is 0 Å². The second-order valence-electron chi connectivity index (χ2n) is 4.72. The molecule has 0 unspecified atom stereocenters. The number of rotatable bonds is 7. The lowest BCUT2D eigenvalue weighted by molar-refractivity contribution is 0.0968. The number of nitrogen functional groups attached to an aromatic ring is 1. The molecule has 0 aliphatic heterocycles. The summed E-state index contributed by atoms with van der Waals surface area (Å²) in [6, 6.07) is 0. The van der Waals surface area contributed by atoms with Gasteiger partial charge in [0.25, 0.3) is 5.91 Å². The van der Waals surface area contributed by atoms with Gasteiger partial charge < -0.3 is 21.3 Å². The van der Waals surface area contributed by atoms with Gasteiger partial charge in [0.1, 0.15) is 14.8 Å². The molecule has 0 aliphatic rings. The molecular formula is C12H22N4O3S2. The van der Waals surface area contributed by atoms with E-state index in [2.05, 4.69) is 10.6 Å². The maximum Gasteiger partial charge on any atom is 0.263 e. The van der Waals surface area contributed by atoms with Crippen LogP contribution in [-0.4, -0.2) is 59.2 Å². The first-order valence-electron chi connectivity index (χ1n) is 6.50. The third kappa shape index (κ3) is 4.08. The maximum absolute atomic E-state index is 12.2. The molecule has 0 bridgehead atoms. The number of carbonyl (C=O) groups is 1. The van der Waals surface area contributed by atoms with Crippen LogP contribution in [0.15, 0.2) is 4.90 Å². The van der Waals surface area contributed by atoms with E-state index in [0.717, 1.165) is 17.9 Å². The third-order valence-electron chi connectivity index (χ3n) is 2.87. The van der Waals surface area contributed by atoms with Gasteiger partial charge in [-0.3, -0.25) is 4.79 Å². The average molecular weight is 334 g/mol. The molecule has 21 heavy (non-hydrogen) atoms. The second-order valence-corrected chi connectivity index (χ2v) is 7.95. The van der Waals surface area contributed by atoms with E-state index in [0.29, 0.717) is 11.5 Å². The van der Waals surface area contributed by atoms with Crippen molar-refractivity contribution >= 4 is 37.8 Å². The van der Waals surface area contributed by atoms with Gasteiger partial charge >= 0.3 is 0 Å². The van der Waals surface area contributed by atoms with Crippen molar-refractivity contribution in [3.05, 3.63) is 4.88 Å². The number of likely N-dealkylation sites (N-methyl/N-ethyl adjacent to an activating group) is 1. The van der Waals surface area contributed by atoms with Gasteiger partial charge in [-0.2, -0.15) is 0 Å². The Morgan fingerprint density at radius 1 is 1.38 bits per heavy atom. The summed E-state index contributed by atoms with van der Waals surface area (Å²) in [6.45, 7) is 2.85. The number of sulfone groups is 1. The average Bonchev–Trinajstić information content (AvgIpc) is 2.75. The molecule has 0 aliphatic carbocycles. The lowest BCUT2D eigenvalue weighted by Crippen LogP contribution is -2.21. The summed E-state index contributed by atoms with van der Waals surface area (Å²) in [6.07, 6.45) is 0. The van der Waals surface area contributed by atoms with Crippen LogP contribution in [0.2, 0.25) is 0 Å². The minimum Gasteiger partial charge on any atom is -0.396 e. The first kappa shape index (κ1) is 17.7. The lowest BCUT2D eigenvalue weighted by atomic mass is 10.3. The van der Waals surface area contributed by atoms with Gasteiger partial charge in [-0.1, -0.05) is 6.92 Å². The summed E-state index contributed by atoms with van der Waals surface area (Å²) in [5.41, 5.74) is 5.92. The third-order valence-corrected chi connectivity index (χ3v) is 5.97. The number of nitrogens with one attached hydrogen (secondary N) is 2. The highest BCUT2D eigenvalue weighted by Gasteiger charge is 2.28. The molecule has 0 atom stereocenters. The zero-order valence-electron chi connectivity index (χ0n) is 12.7. The molecule has 7 nitrogen and oxygen atoms in total. The first-order valence-corrected chi connectivity index (χ1v) is 8.97. The molecule has 9 heteroatoms. The van der Waals surface area contributed by atoms with Crippen molar-refractivity contribution in [1.29, 1.82) is 0 Å². The van der Waals surface area contributed by atoms with Crippen LogP contribution in [0.25, 0.3) is 0 Å². The standard InChI is InChI=1S/C12H22N4O3S2/c1-5-21(18,19)10-8(13)9(11(17)14-2)20-12(10)15-6-7-16(3)4/h15H,5-7,13H2,1-4H3,(H,14,17). The fraction of sp³-hybridized carbons (Fsp3) is 0.583. The zero-order valence-corrected chi connectivity index (χ0v) is 14.3. The number of hydrogen-bond acceptors (Lipinski definition) is 7. The van der Waals surface area contributed by atoms with Gasteiger partial charge in [-0.05, 0) is 14.1 Å². The molecule has 120 valence electrons. The fourth-order valence-electron chi connectivity index (χ4n) is 1.67. The molecule has 1 rings (SSSR count). The van der Waals surface area contributed by atoms with Crippen LogP contribution in [0.1, 0.15) is 16.6 Å². The summed E-state index contributed by atoms with van der Waals surface area (Å²) in [5.74, 6) is -0.450. The van der Waals surface area contributed by atoms with E-state index in [-0.39, 0.29) is 27.1 Å². The molecule has 1 aromatic rings. The number of amides is 1. The topological polar surface area (TPSA) is 105 Å². The molecular weight excluding hydrogens is 312 g/mol. The van der Waals surface area contributed by atoms with Crippen molar-refractivity contribution in [3.63, 3.8) is 0 Å². The van der Waals surface area contributed by atoms with E-state index in [9.17, 15) is 13.2 Å². The largest absolute Gasteiger partial charge is 0.396 e. The molecule has 0 aromatic carbocycles. The van der Waals surface area contributed by atoms with Gasteiger partial charge in [0.05, 0.1) is 11.4 Å². The van der Waals surface area contributed by atoms with Gasteiger partial charge in [-0.15, -0.1) is 11.3 Å². The van der Waals surface area contributed by atoms with E-state index >= 15 is 0 Å². The minimum atomic E-state index is -3.50. The molecule has 0 saturated heterocycles. The molecule has 1 aromatic heterocycles. The summed E-state index contributed by atoms with van der Waals surface area (Å²) < 4.78 is 24.4. The van der Waals surface area contributed by atoms with Crippen molar-refractivity contribution < 1.29 is 13.2 Å². The number of carbonyl (C=O) groups excluding carboxylic acids is 1. The van der Waals surface area contributed by atoms with E-state index < -0.39 is 9.84 Å². The predicted molar refractivity (Wildman–Crippen MR) is 86.9 cm³/mol. The number of nitrogens with two attached hydrogens (primary N) is 1. The SMILES string of the molecule is CCS(=O)(=O)c1c(NCCN(C)C)sc(C(=O)NC)c1N. The number of nitrogens with zero attached hydrogens (tertiary/aromatic N) is 1. The monoisotopic (exact) mass is 334 g/mol. The molecule has 1 heterocycles. The Hall–Kier alpha value is -1.32. The summed E-state index contributed by atoms with van der Waals surface area (Å²) in [4.78, 5) is 14.0. The van der Waals surface area contributed by atoms with Crippen LogP contribution in [0, 0.1) is 0 Å². The van der Waals surface area contributed by atoms with Crippen molar-refractivity contribution in [2.45, 2.75) is 11.8 Å².